The molecule has 2 unspecified atom stereocenters. The van der Waals surface area contributed by atoms with Gasteiger partial charge in [-0.1, -0.05) is 0 Å². The molecule has 0 aromatic carbocycles. The molecule has 1 saturated heterocycles. The minimum atomic E-state index is 0.154. The summed E-state index contributed by atoms with van der Waals surface area (Å²) in [5, 5.41) is 3.30. The number of nitrogens with one attached hydrogen (secondary N) is 1. The van der Waals surface area contributed by atoms with E-state index in [2.05, 4.69) is 10.3 Å². The van der Waals surface area contributed by atoms with Gasteiger partial charge in [-0.05, 0) is 19.9 Å². The molecule has 2 rings (SSSR count). The van der Waals surface area contributed by atoms with E-state index in [9.17, 15) is 0 Å². The van der Waals surface area contributed by atoms with Gasteiger partial charge in [-0.3, -0.25) is 0 Å². The van der Waals surface area contributed by atoms with E-state index in [1.807, 2.05) is 31.1 Å². The van der Waals surface area contributed by atoms with Gasteiger partial charge in [-0.25, -0.2) is 4.98 Å². The maximum absolute atomic E-state index is 5.71. The van der Waals surface area contributed by atoms with Gasteiger partial charge < -0.3 is 14.6 Å². The van der Waals surface area contributed by atoms with E-state index in [1.54, 1.807) is 0 Å². The Balaban J connectivity index is 2.08. The highest BCUT2D eigenvalue weighted by molar-refractivity contribution is 4.98. The molecule has 78 valence electrons. The van der Waals surface area contributed by atoms with Gasteiger partial charge in [0.1, 0.15) is 11.9 Å². The van der Waals surface area contributed by atoms with Crippen LogP contribution in [0.15, 0.2) is 12.4 Å². The van der Waals surface area contributed by atoms with Gasteiger partial charge in [0.05, 0.1) is 0 Å². The summed E-state index contributed by atoms with van der Waals surface area (Å²) >= 11 is 0. The molecule has 14 heavy (non-hydrogen) atoms. The third-order valence-electron chi connectivity index (χ3n) is 2.84. The third-order valence-corrected chi connectivity index (χ3v) is 2.84. The molecule has 0 spiro atoms. The first-order valence-electron chi connectivity index (χ1n) is 5.07. The van der Waals surface area contributed by atoms with E-state index in [0.29, 0.717) is 6.04 Å². The molecule has 4 heteroatoms. The lowest BCUT2D eigenvalue weighted by molar-refractivity contribution is -0.00507. The van der Waals surface area contributed by atoms with Crippen molar-refractivity contribution in [1.82, 2.24) is 14.9 Å². The van der Waals surface area contributed by atoms with Crippen molar-refractivity contribution in [3.05, 3.63) is 18.2 Å². The number of hydrogen-bond acceptors (Lipinski definition) is 3. The van der Waals surface area contributed by atoms with E-state index < -0.39 is 0 Å². The number of aryl methyl sites for hydroxylation is 1. The molecular weight excluding hydrogens is 178 g/mol. The Morgan fingerprint density at radius 1 is 1.64 bits per heavy atom. The van der Waals surface area contributed by atoms with Gasteiger partial charge in [0.25, 0.3) is 0 Å². The van der Waals surface area contributed by atoms with Crippen molar-refractivity contribution in [2.75, 3.05) is 13.7 Å². The van der Waals surface area contributed by atoms with Crippen LogP contribution < -0.4 is 5.32 Å². The average Bonchev–Trinajstić information content (AvgIpc) is 2.65. The Hall–Kier alpha value is -0.870. The van der Waals surface area contributed by atoms with E-state index in [0.717, 1.165) is 25.3 Å². The Bertz CT molecular complexity index is 297. The third kappa shape index (κ3) is 1.81. The van der Waals surface area contributed by atoms with E-state index in [-0.39, 0.29) is 6.10 Å². The van der Waals surface area contributed by atoms with E-state index in [1.165, 1.54) is 0 Å². The highest BCUT2D eigenvalue weighted by atomic mass is 16.5. The fourth-order valence-corrected chi connectivity index (χ4v) is 1.93. The SMILES string of the molecule is CNC1CCOC(c2nccn2C)C1. The number of rotatable bonds is 2. The minimum absolute atomic E-state index is 0.154. The van der Waals surface area contributed by atoms with Crippen LogP contribution in [-0.4, -0.2) is 29.2 Å². The number of hydrogen-bond donors (Lipinski definition) is 1. The van der Waals surface area contributed by atoms with Crippen LogP contribution in [0, 0.1) is 0 Å². The summed E-state index contributed by atoms with van der Waals surface area (Å²) in [6.07, 6.45) is 6.04. The first-order chi connectivity index (χ1) is 6.81. The lowest BCUT2D eigenvalue weighted by Crippen LogP contribution is -2.34. The number of aromatic nitrogens is 2. The van der Waals surface area contributed by atoms with Crippen molar-refractivity contribution in [1.29, 1.82) is 0 Å². The second-order valence-corrected chi connectivity index (χ2v) is 3.77. The maximum atomic E-state index is 5.71. The zero-order valence-corrected chi connectivity index (χ0v) is 8.73. The molecule has 0 aliphatic carbocycles. The second-order valence-electron chi connectivity index (χ2n) is 3.77. The van der Waals surface area contributed by atoms with Gasteiger partial charge in [-0.15, -0.1) is 0 Å². The van der Waals surface area contributed by atoms with Crippen LogP contribution in [0.4, 0.5) is 0 Å². The predicted molar refractivity (Wildman–Crippen MR) is 54.0 cm³/mol. The molecule has 1 N–H and O–H groups in total. The molecule has 0 amide bonds. The molecule has 4 nitrogen and oxygen atoms in total. The molecule has 0 bridgehead atoms. The minimum Gasteiger partial charge on any atom is -0.370 e. The van der Waals surface area contributed by atoms with E-state index >= 15 is 0 Å². The normalized spacial score (nSPS) is 27.9. The molecule has 1 aromatic rings. The quantitative estimate of drug-likeness (QED) is 0.760. The van der Waals surface area contributed by atoms with Crippen molar-refractivity contribution >= 4 is 0 Å². The second kappa shape index (κ2) is 4.11. The Morgan fingerprint density at radius 3 is 3.14 bits per heavy atom. The topological polar surface area (TPSA) is 39.1 Å². The van der Waals surface area contributed by atoms with Crippen molar-refractivity contribution < 1.29 is 4.74 Å². The van der Waals surface area contributed by atoms with Crippen molar-refractivity contribution in [2.45, 2.75) is 25.0 Å². The fourth-order valence-electron chi connectivity index (χ4n) is 1.93. The summed E-state index contributed by atoms with van der Waals surface area (Å²) in [4.78, 5) is 4.32. The number of ether oxygens (including phenoxy) is 1. The molecule has 2 heterocycles. The van der Waals surface area contributed by atoms with Gasteiger partial charge in [-0.2, -0.15) is 0 Å². The Kier molecular flexibility index (Phi) is 2.84. The highest BCUT2D eigenvalue weighted by Gasteiger charge is 2.25. The standard InChI is InChI=1S/C10H17N3O/c1-11-8-3-6-14-9(7-8)10-12-4-5-13(10)2/h4-5,8-9,11H,3,6-7H2,1-2H3. The monoisotopic (exact) mass is 195 g/mol. The van der Waals surface area contributed by atoms with Crippen LogP contribution in [0.1, 0.15) is 24.8 Å². The maximum Gasteiger partial charge on any atom is 0.137 e. The first kappa shape index (κ1) is 9.68. The highest BCUT2D eigenvalue weighted by Crippen LogP contribution is 2.26. The largest absolute Gasteiger partial charge is 0.370 e. The van der Waals surface area contributed by atoms with Crippen LogP contribution in [0.25, 0.3) is 0 Å². The van der Waals surface area contributed by atoms with E-state index in [4.69, 9.17) is 4.74 Å². The summed E-state index contributed by atoms with van der Waals surface area (Å²) in [6, 6.07) is 0.561. The summed E-state index contributed by atoms with van der Waals surface area (Å²) in [6.45, 7) is 0.822. The van der Waals surface area contributed by atoms with Gasteiger partial charge >= 0.3 is 0 Å². The van der Waals surface area contributed by atoms with Gasteiger partial charge in [0, 0.05) is 32.1 Å². The molecule has 1 aliphatic rings. The molecule has 1 aliphatic heterocycles. The smallest absolute Gasteiger partial charge is 0.137 e. The van der Waals surface area contributed by atoms with Crippen LogP contribution in [-0.2, 0) is 11.8 Å². The number of nitrogens with zero attached hydrogens (tertiary/aromatic N) is 2. The van der Waals surface area contributed by atoms with Crippen LogP contribution in [0.5, 0.6) is 0 Å². The predicted octanol–water partition coefficient (Wildman–Crippen LogP) is 0.860. The molecular formula is C10H17N3O. The Labute approximate surface area is 84.3 Å². The Morgan fingerprint density at radius 2 is 2.50 bits per heavy atom. The summed E-state index contributed by atoms with van der Waals surface area (Å²) in [5.41, 5.74) is 0. The fraction of sp³-hybridized carbons (Fsp3) is 0.700. The summed E-state index contributed by atoms with van der Waals surface area (Å²) < 4.78 is 7.74. The van der Waals surface area contributed by atoms with Gasteiger partial charge in [0.15, 0.2) is 0 Å². The van der Waals surface area contributed by atoms with Crippen molar-refractivity contribution in [3.8, 4) is 0 Å². The van der Waals surface area contributed by atoms with Crippen molar-refractivity contribution in [2.24, 2.45) is 7.05 Å². The van der Waals surface area contributed by atoms with Crippen LogP contribution in [0.2, 0.25) is 0 Å². The lowest BCUT2D eigenvalue weighted by Gasteiger charge is -2.28. The molecule has 2 atom stereocenters. The number of imidazole rings is 1. The van der Waals surface area contributed by atoms with Crippen LogP contribution >= 0.6 is 0 Å². The first-order valence-corrected chi connectivity index (χ1v) is 5.07. The van der Waals surface area contributed by atoms with Crippen LogP contribution in [0.3, 0.4) is 0 Å². The average molecular weight is 195 g/mol. The molecule has 0 saturated carbocycles. The van der Waals surface area contributed by atoms with Crippen molar-refractivity contribution in [3.63, 3.8) is 0 Å². The molecule has 1 aromatic heterocycles. The molecule has 0 radical (unpaired) electrons. The zero-order valence-electron chi connectivity index (χ0n) is 8.73. The summed E-state index contributed by atoms with van der Waals surface area (Å²) in [5.74, 6) is 1.03. The lowest BCUT2D eigenvalue weighted by atomic mass is 10.0. The summed E-state index contributed by atoms with van der Waals surface area (Å²) in [7, 11) is 4.01. The van der Waals surface area contributed by atoms with Gasteiger partial charge in [0.2, 0.25) is 0 Å². The molecule has 1 fully saturated rings. The zero-order chi connectivity index (χ0) is 9.97.